The number of piperidine rings is 1. The van der Waals surface area contributed by atoms with Crippen LogP contribution in [0, 0.1) is 5.92 Å². The standard InChI is InChI=1S/C18H26BN2O6/c22-11-15-16(2-1-12-3-6-19(24,25)27-17(12)15)26-14-9-21(10-14)18(23)13-4-7-20-8-5-13/h1-2,13-14,20,22,24-25H,3-11H2/q-1. The summed E-state index contributed by atoms with van der Waals surface area (Å²) in [5, 5.41) is 32.7. The SMILES string of the molecule is O=C(C1CCNCC1)N1CC(Oc2ccc3c(c2CO)O[B-](O)(O)CC3)C1. The van der Waals surface area contributed by atoms with E-state index >= 15 is 0 Å². The van der Waals surface area contributed by atoms with Crippen LogP contribution >= 0.6 is 0 Å². The second-order valence-electron chi connectivity index (χ2n) is 7.71. The fourth-order valence-corrected chi connectivity index (χ4v) is 4.05. The number of aliphatic hydroxyl groups excluding tert-OH is 1. The number of hydrogen-bond acceptors (Lipinski definition) is 7. The van der Waals surface area contributed by atoms with E-state index in [4.69, 9.17) is 9.39 Å². The highest BCUT2D eigenvalue weighted by molar-refractivity contribution is 6.58. The molecule has 2 fully saturated rings. The maximum absolute atomic E-state index is 12.5. The molecule has 4 N–H and O–H groups in total. The molecule has 1 aromatic carbocycles. The van der Waals surface area contributed by atoms with Crippen LogP contribution in [0.15, 0.2) is 12.1 Å². The number of amides is 1. The molecule has 0 radical (unpaired) electrons. The van der Waals surface area contributed by atoms with Crippen LogP contribution in [0.3, 0.4) is 0 Å². The van der Waals surface area contributed by atoms with Gasteiger partial charge in [-0.2, -0.15) is 0 Å². The number of likely N-dealkylation sites (tertiary alicyclic amines) is 1. The summed E-state index contributed by atoms with van der Waals surface area (Å²) >= 11 is 0. The fraction of sp³-hybridized carbons (Fsp3) is 0.611. The van der Waals surface area contributed by atoms with E-state index in [0.717, 1.165) is 31.5 Å². The molecule has 9 heteroatoms. The lowest BCUT2D eigenvalue weighted by Gasteiger charge is -2.42. The number of fused-ring (bicyclic) bond motifs is 1. The Kier molecular flexibility index (Phi) is 5.02. The third kappa shape index (κ3) is 3.77. The minimum Gasteiger partial charge on any atom is -0.670 e. The Labute approximate surface area is 158 Å². The average Bonchev–Trinajstić information content (AvgIpc) is 2.63. The molecule has 0 aliphatic carbocycles. The molecule has 148 valence electrons. The second-order valence-corrected chi connectivity index (χ2v) is 7.71. The molecule has 3 aliphatic rings. The van der Waals surface area contributed by atoms with Gasteiger partial charge in [-0.25, -0.2) is 0 Å². The highest BCUT2D eigenvalue weighted by Gasteiger charge is 2.37. The molecule has 4 rings (SSSR count). The van der Waals surface area contributed by atoms with Gasteiger partial charge in [0.1, 0.15) is 11.9 Å². The molecule has 0 spiro atoms. The molecule has 2 saturated heterocycles. The van der Waals surface area contributed by atoms with Gasteiger partial charge in [-0.3, -0.25) is 4.79 Å². The lowest BCUT2D eigenvalue weighted by atomic mass is 9.70. The Hall–Kier alpha value is -1.81. The number of hydrogen-bond donors (Lipinski definition) is 4. The second kappa shape index (κ2) is 7.31. The van der Waals surface area contributed by atoms with Crippen molar-refractivity contribution >= 4 is 12.7 Å². The highest BCUT2D eigenvalue weighted by atomic mass is 16.6. The van der Waals surface area contributed by atoms with Gasteiger partial charge in [0.2, 0.25) is 5.91 Å². The summed E-state index contributed by atoms with van der Waals surface area (Å²) in [4.78, 5) is 14.3. The van der Waals surface area contributed by atoms with Crippen molar-refractivity contribution in [2.45, 2.75) is 38.3 Å². The minimum absolute atomic E-state index is 0.0989. The van der Waals surface area contributed by atoms with E-state index in [1.807, 2.05) is 11.0 Å². The zero-order chi connectivity index (χ0) is 19.0. The normalized spacial score (nSPS) is 22.6. The number of nitrogens with zero attached hydrogens (tertiary/aromatic N) is 1. The summed E-state index contributed by atoms with van der Waals surface area (Å²) in [7, 11) is 0. The largest absolute Gasteiger partial charge is 0.670 e. The van der Waals surface area contributed by atoms with Crippen LogP contribution in [0.25, 0.3) is 0 Å². The Morgan fingerprint density at radius 1 is 1.30 bits per heavy atom. The number of aliphatic hydroxyl groups is 1. The Morgan fingerprint density at radius 2 is 2.04 bits per heavy atom. The van der Waals surface area contributed by atoms with Crippen LogP contribution in [0.4, 0.5) is 0 Å². The average molecular weight is 377 g/mol. The number of ether oxygens (including phenoxy) is 1. The van der Waals surface area contributed by atoms with Crippen molar-refractivity contribution in [1.29, 1.82) is 0 Å². The molecule has 0 bridgehead atoms. The summed E-state index contributed by atoms with van der Waals surface area (Å²) in [5.74, 6) is 1.05. The molecule has 3 aliphatic heterocycles. The van der Waals surface area contributed by atoms with Crippen LogP contribution in [-0.4, -0.2) is 65.0 Å². The van der Waals surface area contributed by atoms with E-state index in [9.17, 15) is 19.9 Å². The predicted molar refractivity (Wildman–Crippen MR) is 98.3 cm³/mol. The smallest absolute Gasteiger partial charge is 0.430 e. The lowest BCUT2D eigenvalue weighted by Crippen LogP contribution is -2.58. The van der Waals surface area contributed by atoms with Crippen LogP contribution in [-0.2, 0) is 17.8 Å². The molecule has 1 amide bonds. The van der Waals surface area contributed by atoms with Gasteiger partial charge in [0.15, 0.2) is 0 Å². The van der Waals surface area contributed by atoms with Crippen molar-refractivity contribution in [3.8, 4) is 11.5 Å². The van der Waals surface area contributed by atoms with Crippen molar-refractivity contribution in [3.63, 3.8) is 0 Å². The fourth-order valence-electron chi connectivity index (χ4n) is 4.05. The molecule has 0 atom stereocenters. The Balaban J connectivity index is 1.40. The number of rotatable bonds is 4. The van der Waals surface area contributed by atoms with Crippen molar-refractivity contribution in [2.24, 2.45) is 5.92 Å². The van der Waals surface area contributed by atoms with E-state index in [1.165, 1.54) is 0 Å². The van der Waals surface area contributed by atoms with Crippen LogP contribution in [0.1, 0.15) is 24.0 Å². The molecule has 1 aromatic rings. The molecule has 3 heterocycles. The van der Waals surface area contributed by atoms with E-state index in [-0.39, 0.29) is 30.9 Å². The van der Waals surface area contributed by atoms with Gasteiger partial charge in [-0.15, -0.1) is 0 Å². The van der Waals surface area contributed by atoms with E-state index in [0.29, 0.717) is 36.6 Å². The quantitative estimate of drug-likeness (QED) is 0.530. The maximum atomic E-state index is 12.5. The lowest BCUT2D eigenvalue weighted by molar-refractivity contribution is -0.145. The van der Waals surface area contributed by atoms with Crippen molar-refractivity contribution in [1.82, 2.24) is 10.2 Å². The van der Waals surface area contributed by atoms with Crippen LogP contribution in [0.5, 0.6) is 11.5 Å². The molecule has 0 aromatic heterocycles. The van der Waals surface area contributed by atoms with E-state index in [1.54, 1.807) is 6.07 Å². The first kappa shape index (κ1) is 18.6. The number of aryl methyl sites for hydroxylation is 1. The third-order valence-corrected chi connectivity index (χ3v) is 5.70. The highest BCUT2D eigenvalue weighted by Crippen LogP contribution is 2.39. The molecule has 8 nitrogen and oxygen atoms in total. The third-order valence-electron chi connectivity index (χ3n) is 5.70. The van der Waals surface area contributed by atoms with Crippen molar-refractivity contribution < 1.29 is 29.3 Å². The number of carbonyl (C=O) groups excluding carboxylic acids is 1. The summed E-state index contributed by atoms with van der Waals surface area (Å²) in [5.41, 5.74) is 1.24. The van der Waals surface area contributed by atoms with Gasteiger partial charge in [0, 0.05) is 5.92 Å². The predicted octanol–water partition coefficient (Wildman–Crippen LogP) is -0.374. The molecule has 0 saturated carbocycles. The summed E-state index contributed by atoms with van der Waals surface area (Å²) in [6, 6.07) is 3.60. The van der Waals surface area contributed by atoms with Crippen LogP contribution in [0.2, 0.25) is 6.32 Å². The summed E-state index contributed by atoms with van der Waals surface area (Å²) in [6.07, 6.45) is 2.22. The van der Waals surface area contributed by atoms with Gasteiger partial charge in [0.05, 0.1) is 31.0 Å². The van der Waals surface area contributed by atoms with Crippen LogP contribution < -0.4 is 14.7 Å². The summed E-state index contributed by atoms with van der Waals surface area (Å²) in [6.45, 7) is -0.396. The Morgan fingerprint density at radius 3 is 2.74 bits per heavy atom. The summed E-state index contributed by atoms with van der Waals surface area (Å²) < 4.78 is 11.3. The number of benzene rings is 1. The van der Waals surface area contributed by atoms with Gasteiger partial charge < -0.3 is 34.8 Å². The van der Waals surface area contributed by atoms with Crippen molar-refractivity contribution in [3.05, 3.63) is 23.3 Å². The number of carbonyl (C=O) groups is 1. The first-order valence-electron chi connectivity index (χ1n) is 9.68. The van der Waals surface area contributed by atoms with E-state index in [2.05, 4.69) is 5.32 Å². The minimum atomic E-state index is -2.90. The maximum Gasteiger partial charge on any atom is 0.430 e. The number of nitrogens with one attached hydrogen (secondary N) is 1. The molecular formula is C18H26BN2O6-. The monoisotopic (exact) mass is 377 g/mol. The van der Waals surface area contributed by atoms with Gasteiger partial charge in [0.25, 0.3) is 0 Å². The first-order valence-corrected chi connectivity index (χ1v) is 9.68. The van der Waals surface area contributed by atoms with Gasteiger partial charge in [-0.1, -0.05) is 12.4 Å². The van der Waals surface area contributed by atoms with Gasteiger partial charge in [-0.05, 0) is 44.0 Å². The Bertz CT molecular complexity index is 716. The zero-order valence-electron chi connectivity index (χ0n) is 15.3. The van der Waals surface area contributed by atoms with E-state index < -0.39 is 6.75 Å². The topological polar surface area (TPSA) is 111 Å². The van der Waals surface area contributed by atoms with Gasteiger partial charge >= 0.3 is 6.75 Å². The zero-order valence-corrected chi connectivity index (χ0v) is 15.3. The molecule has 27 heavy (non-hydrogen) atoms. The first-order chi connectivity index (χ1) is 13.0. The molecular weight excluding hydrogens is 351 g/mol. The molecule has 0 unspecified atom stereocenters. The van der Waals surface area contributed by atoms with Crippen molar-refractivity contribution in [2.75, 3.05) is 26.2 Å².